The van der Waals surface area contributed by atoms with Crippen LogP contribution in [0.2, 0.25) is 0 Å². The predicted molar refractivity (Wildman–Crippen MR) is 168 cm³/mol. The molecule has 0 aromatic heterocycles. The molecule has 0 aliphatic heterocycles. The Bertz CT molecular complexity index is 1630. The van der Waals surface area contributed by atoms with E-state index in [-0.39, 0.29) is 0 Å². The molecule has 40 heavy (non-hydrogen) atoms. The molecule has 0 heterocycles. The maximum atomic E-state index is 13.6. The molecule has 0 aliphatic carbocycles. The lowest BCUT2D eigenvalue weighted by Crippen LogP contribution is -1.95. The highest BCUT2D eigenvalue weighted by molar-refractivity contribution is 7.95. The van der Waals surface area contributed by atoms with Crippen LogP contribution in [0.1, 0.15) is 22.3 Å². The van der Waals surface area contributed by atoms with Crippen molar-refractivity contribution in [3.05, 3.63) is 179 Å². The van der Waals surface area contributed by atoms with Crippen LogP contribution in [0.3, 0.4) is 0 Å². The zero-order valence-electron chi connectivity index (χ0n) is 21.6. The van der Waals surface area contributed by atoms with Crippen molar-refractivity contribution in [1.82, 2.24) is 0 Å². The zero-order valence-corrected chi connectivity index (χ0v) is 23.3. The minimum Gasteiger partial charge on any atom is -0.248 e. The van der Waals surface area contributed by atoms with Gasteiger partial charge in [-0.15, -0.1) is 11.5 Å². The average molecular weight is 555 g/mol. The van der Waals surface area contributed by atoms with Crippen molar-refractivity contribution in [3.63, 3.8) is 0 Å². The normalized spacial score (nSPS) is 11.8. The minimum absolute atomic E-state index is 0.594. The Morgan fingerprint density at radius 3 is 1.07 bits per heavy atom. The molecule has 2 atom stereocenters. The molecule has 194 valence electrons. The van der Waals surface area contributed by atoms with E-state index in [1.807, 2.05) is 158 Å². The average Bonchev–Trinajstić information content (AvgIpc) is 3.03. The molecule has 5 aromatic carbocycles. The van der Waals surface area contributed by atoms with Gasteiger partial charge in [0.1, 0.15) is 0 Å². The second kappa shape index (κ2) is 13.5. The summed E-state index contributed by atoms with van der Waals surface area (Å²) in [6.07, 6.45) is 3.71. The molecule has 5 rings (SSSR count). The van der Waals surface area contributed by atoms with E-state index in [1.54, 1.807) is 0 Å². The van der Waals surface area contributed by atoms with E-state index in [9.17, 15) is 8.42 Å². The van der Waals surface area contributed by atoms with Crippen LogP contribution in [0.25, 0.3) is 22.0 Å². The lowest BCUT2D eigenvalue weighted by atomic mass is 10.1. The Kier molecular flexibility index (Phi) is 9.11. The standard InChI is InChI=1S/C36H26O2S2/c37-39(33-21-9-3-10-22-33)35(31-17-5-1-6-18-31)27-25-29-15-13-14-16-30(29)26-28-36(32-19-7-2-8-20-32)40(38)34-23-11-4-12-24-34/h1-26H. The molecule has 0 saturated heterocycles. The number of rotatable bonds is 8. The van der Waals surface area contributed by atoms with Crippen LogP contribution in [-0.2, 0) is 21.6 Å². The fraction of sp³-hybridized carbons (Fsp3) is 0. The number of benzene rings is 5. The molecule has 5 aromatic rings. The SMILES string of the molecule is O=S(C(=C=Cc1ccccc1C=C=C(c1ccccc1)S(=O)c1ccccc1)c1ccccc1)c1ccccc1. The Balaban J connectivity index is 1.61. The summed E-state index contributed by atoms with van der Waals surface area (Å²) < 4.78 is 27.1. The third kappa shape index (κ3) is 6.71. The molecule has 0 fully saturated rings. The van der Waals surface area contributed by atoms with Gasteiger partial charge in [-0.2, -0.15) is 0 Å². The quantitative estimate of drug-likeness (QED) is 0.180. The van der Waals surface area contributed by atoms with Gasteiger partial charge in [0.2, 0.25) is 0 Å². The van der Waals surface area contributed by atoms with Gasteiger partial charge in [0, 0.05) is 9.79 Å². The van der Waals surface area contributed by atoms with Crippen molar-refractivity contribution in [2.24, 2.45) is 0 Å². The Hall–Kier alpha value is -4.56. The van der Waals surface area contributed by atoms with Gasteiger partial charge in [0.15, 0.2) is 0 Å². The fourth-order valence-corrected chi connectivity index (χ4v) is 6.36. The van der Waals surface area contributed by atoms with Crippen molar-refractivity contribution in [2.75, 3.05) is 0 Å². The summed E-state index contributed by atoms with van der Waals surface area (Å²) in [5, 5.41) is 0. The Morgan fingerprint density at radius 1 is 0.425 bits per heavy atom. The summed E-state index contributed by atoms with van der Waals surface area (Å²) in [5.41, 5.74) is 10.1. The van der Waals surface area contributed by atoms with Crippen LogP contribution in [-0.4, -0.2) is 8.42 Å². The second-order valence-corrected chi connectivity index (χ2v) is 11.6. The third-order valence-corrected chi connectivity index (χ3v) is 8.92. The van der Waals surface area contributed by atoms with E-state index < -0.39 is 21.6 Å². The van der Waals surface area contributed by atoms with Gasteiger partial charge in [-0.3, -0.25) is 0 Å². The minimum atomic E-state index is -1.41. The Labute approximate surface area is 240 Å². The van der Waals surface area contributed by atoms with Gasteiger partial charge in [0.25, 0.3) is 0 Å². The van der Waals surface area contributed by atoms with Crippen LogP contribution < -0.4 is 0 Å². The lowest BCUT2D eigenvalue weighted by Gasteiger charge is -2.06. The van der Waals surface area contributed by atoms with Crippen molar-refractivity contribution in [3.8, 4) is 0 Å². The zero-order chi connectivity index (χ0) is 27.6. The van der Waals surface area contributed by atoms with Gasteiger partial charge in [-0.25, -0.2) is 8.42 Å². The highest BCUT2D eigenvalue weighted by Gasteiger charge is 2.13. The molecule has 0 spiro atoms. The topological polar surface area (TPSA) is 34.1 Å². The number of hydrogen-bond donors (Lipinski definition) is 0. The first-order valence-corrected chi connectivity index (χ1v) is 15.1. The van der Waals surface area contributed by atoms with Crippen molar-refractivity contribution in [2.45, 2.75) is 9.79 Å². The smallest absolute Gasteiger partial charge is 0.0934 e. The molecule has 0 N–H and O–H groups in total. The highest BCUT2D eigenvalue weighted by Crippen LogP contribution is 2.26. The Morgan fingerprint density at radius 2 is 0.725 bits per heavy atom. The van der Waals surface area contributed by atoms with E-state index in [0.717, 1.165) is 22.3 Å². The lowest BCUT2D eigenvalue weighted by molar-refractivity contribution is 0.688. The summed E-state index contributed by atoms with van der Waals surface area (Å²) >= 11 is 0. The maximum absolute atomic E-state index is 13.6. The van der Waals surface area contributed by atoms with E-state index in [2.05, 4.69) is 11.5 Å². The molecule has 4 heteroatoms. The third-order valence-electron chi connectivity index (χ3n) is 6.07. The first-order chi connectivity index (χ1) is 19.7. The van der Waals surface area contributed by atoms with Gasteiger partial charge in [0.05, 0.1) is 31.4 Å². The molecule has 0 radical (unpaired) electrons. The van der Waals surface area contributed by atoms with Crippen molar-refractivity contribution < 1.29 is 8.42 Å². The second-order valence-electron chi connectivity index (χ2n) is 8.76. The highest BCUT2D eigenvalue weighted by atomic mass is 32.2. The molecule has 0 amide bonds. The molecule has 2 nitrogen and oxygen atoms in total. The molecular formula is C36H26O2S2. The van der Waals surface area contributed by atoms with Gasteiger partial charge >= 0.3 is 0 Å². The van der Waals surface area contributed by atoms with E-state index >= 15 is 0 Å². The van der Waals surface area contributed by atoms with Crippen LogP contribution in [0.15, 0.2) is 167 Å². The largest absolute Gasteiger partial charge is 0.248 e. The molecule has 0 saturated carbocycles. The van der Waals surface area contributed by atoms with Gasteiger partial charge in [-0.05, 0) is 58.7 Å². The molecular weight excluding hydrogens is 529 g/mol. The van der Waals surface area contributed by atoms with Crippen LogP contribution in [0.4, 0.5) is 0 Å². The summed E-state index contributed by atoms with van der Waals surface area (Å²) in [4.78, 5) is 2.62. The first-order valence-electron chi connectivity index (χ1n) is 12.8. The molecule has 0 aliphatic rings. The van der Waals surface area contributed by atoms with Gasteiger partial charge < -0.3 is 0 Å². The number of hydrogen-bond acceptors (Lipinski definition) is 2. The van der Waals surface area contributed by atoms with Crippen molar-refractivity contribution in [1.29, 1.82) is 0 Å². The van der Waals surface area contributed by atoms with E-state index in [4.69, 9.17) is 0 Å². The first kappa shape index (κ1) is 27.0. The molecule has 0 bridgehead atoms. The predicted octanol–water partition coefficient (Wildman–Crippen LogP) is 8.61. The summed E-state index contributed by atoms with van der Waals surface area (Å²) in [6, 6.07) is 46.0. The summed E-state index contributed by atoms with van der Waals surface area (Å²) in [5.74, 6) is 0. The monoisotopic (exact) mass is 554 g/mol. The van der Waals surface area contributed by atoms with Crippen LogP contribution >= 0.6 is 0 Å². The summed E-state index contributed by atoms with van der Waals surface area (Å²) in [7, 11) is -2.82. The maximum Gasteiger partial charge on any atom is 0.0934 e. The van der Waals surface area contributed by atoms with Gasteiger partial charge in [-0.1, -0.05) is 121 Å². The summed E-state index contributed by atoms with van der Waals surface area (Å²) in [6.45, 7) is 0. The van der Waals surface area contributed by atoms with Crippen LogP contribution in [0.5, 0.6) is 0 Å². The van der Waals surface area contributed by atoms with E-state index in [1.165, 1.54) is 0 Å². The van der Waals surface area contributed by atoms with E-state index in [0.29, 0.717) is 19.6 Å². The van der Waals surface area contributed by atoms with Crippen molar-refractivity contribution >= 4 is 43.6 Å². The van der Waals surface area contributed by atoms with Crippen LogP contribution in [0, 0.1) is 0 Å². The molecule has 2 unspecified atom stereocenters. The fourth-order valence-electron chi connectivity index (χ4n) is 4.05.